The van der Waals surface area contributed by atoms with Crippen molar-refractivity contribution in [2.24, 2.45) is 5.41 Å². The summed E-state index contributed by atoms with van der Waals surface area (Å²) >= 11 is 7.97. The van der Waals surface area contributed by atoms with Crippen molar-refractivity contribution in [2.75, 3.05) is 6.61 Å². The van der Waals surface area contributed by atoms with Gasteiger partial charge in [-0.05, 0) is 48.9 Å². The zero-order valence-corrected chi connectivity index (χ0v) is 15.4. The van der Waals surface area contributed by atoms with Gasteiger partial charge in [-0.2, -0.15) is 0 Å². The summed E-state index contributed by atoms with van der Waals surface area (Å²) in [6, 6.07) is 5.92. The summed E-state index contributed by atoms with van der Waals surface area (Å²) in [5, 5.41) is 2.74. The molecule has 4 rings (SSSR count). The molecule has 5 heteroatoms. The van der Waals surface area contributed by atoms with Gasteiger partial charge in [-0.1, -0.05) is 24.9 Å². The van der Waals surface area contributed by atoms with Gasteiger partial charge in [0.2, 0.25) is 0 Å². The van der Waals surface area contributed by atoms with E-state index in [4.69, 9.17) is 16.3 Å². The Hall–Kier alpha value is -1.65. The van der Waals surface area contributed by atoms with E-state index >= 15 is 0 Å². The standard InChI is InChI=1S/C19H19ClN2OS/c1-12-8-13(20)9-14(17(12)23-10-19(2)5-3-6-19)16-18-15(4-7-24-18)21-11-22-16/h4,7-9,11H,3,5-6,10H2,1-2H3. The molecule has 3 aromatic rings. The van der Waals surface area contributed by atoms with E-state index in [-0.39, 0.29) is 0 Å². The molecule has 0 radical (unpaired) electrons. The Morgan fingerprint density at radius 2 is 2.12 bits per heavy atom. The molecule has 0 amide bonds. The van der Waals surface area contributed by atoms with Crippen molar-refractivity contribution in [2.45, 2.75) is 33.1 Å². The number of aryl methyl sites for hydroxylation is 1. The van der Waals surface area contributed by atoms with E-state index < -0.39 is 0 Å². The second kappa shape index (κ2) is 6.01. The molecule has 0 saturated heterocycles. The fourth-order valence-electron chi connectivity index (χ4n) is 3.25. The third-order valence-corrected chi connectivity index (χ3v) is 5.99. The van der Waals surface area contributed by atoms with E-state index in [9.17, 15) is 0 Å². The van der Waals surface area contributed by atoms with Crippen LogP contribution in [-0.4, -0.2) is 16.6 Å². The Balaban J connectivity index is 1.80. The Bertz CT molecular complexity index is 902. The smallest absolute Gasteiger partial charge is 0.131 e. The molecule has 1 aromatic carbocycles. The molecule has 0 aliphatic heterocycles. The first kappa shape index (κ1) is 15.9. The number of benzene rings is 1. The first-order valence-corrected chi connectivity index (χ1v) is 9.43. The van der Waals surface area contributed by atoms with Crippen LogP contribution in [0.4, 0.5) is 0 Å². The number of nitrogens with zero attached hydrogens (tertiary/aromatic N) is 2. The SMILES string of the molecule is Cc1cc(Cl)cc(-c2ncnc3ccsc23)c1OCC1(C)CCC1. The minimum absolute atomic E-state index is 0.299. The van der Waals surface area contributed by atoms with Crippen molar-refractivity contribution in [1.29, 1.82) is 0 Å². The van der Waals surface area contributed by atoms with Gasteiger partial charge >= 0.3 is 0 Å². The van der Waals surface area contributed by atoms with Gasteiger partial charge < -0.3 is 4.74 Å². The van der Waals surface area contributed by atoms with Crippen molar-refractivity contribution in [3.63, 3.8) is 0 Å². The number of ether oxygens (including phenoxy) is 1. The normalized spacial score (nSPS) is 16.1. The molecule has 1 saturated carbocycles. The molecule has 0 bridgehead atoms. The average Bonchev–Trinajstić information content (AvgIpc) is 3.00. The second-order valence-corrected chi connectivity index (χ2v) is 8.26. The number of aromatic nitrogens is 2. The zero-order chi connectivity index (χ0) is 16.7. The van der Waals surface area contributed by atoms with E-state index in [0.29, 0.717) is 10.4 Å². The molecule has 1 fully saturated rings. The van der Waals surface area contributed by atoms with E-state index in [1.54, 1.807) is 17.7 Å². The summed E-state index contributed by atoms with van der Waals surface area (Å²) in [5.41, 5.74) is 4.16. The predicted octanol–water partition coefficient (Wildman–Crippen LogP) is 5.89. The van der Waals surface area contributed by atoms with Crippen molar-refractivity contribution < 1.29 is 4.74 Å². The van der Waals surface area contributed by atoms with Crippen LogP contribution in [0.1, 0.15) is 31.7 Å². The van der Waals surface area contributed by atoms with Gasteiger partial charge in [-0.3, -0.25) is 0 Å². The summed E-state index contributed by atoms with van der Waals surface area (Å²) < 4.78 is 7.36. The van der Waals surface area contributed by atoms with Gasteiger partial charge in [0.25, 0.3) is 0 Å². The molecule has 2 aromatic heterocycles. The average molecular weight is 359 g/mol. The van der Waals surface area contributed by atoms with Gasteiger partial charge in [0, 0.05) is 16.0 Å². The molecule has 3 nitrogen and oxygen atoms in total. The number of thiophene rings is 1. The lowest BCUT2D eigenvalue weighted by molar-refractivity contribution is 0.0775. The van der Waals surface area contributed by atoms with Gasteiger partial charge in [0.1, 0.15) is 12.1 Å². The van der Waals surface area contributed by atoms with Gasteiger partial charge in [0.15, 0.2) is 0 Å². The van der Waals surface area contributed by atoms with Crippen LogP contribution in [0.2, 0.25) is 5.02 Å². The van der Waals surface area contributed by atoms with Crippen molar-refractivity contribution >= 4 is 33.2 Å². The highest BCUT2D eigenvalue weighted by atomic mass is 35.5. The van der Waals surface area contributed by atoms with E-state index in [1.807, 2.05) is 30.5 Å². The molecule has 0 spiro atoms. The van der Waals surface area contributed by atoms with Gasteiger partial charge in [-0.15, -0.1) is 11.3 Å². The fraction of sp³-hybridized carbons (Fsp3) is 0.368. The maximum atomic E-state index is 6.33. The highest BCUT2D eigenvalue weighted by Crippen LogP contribution is 2.43. The molecule has 124 valence electrons. The van der Waals surface area contributed by atoms with E-state index in [2.05, 4.69) is 16.9 Å². The number of fused-ring (bicyclic) bond motifs is 1. The Morgan fingerprint density at radius 3 is 2.88 bits per heavy atom. The molecule has 2 heterocycles. The number of hydrogen-bond acceptors (Lipinski definition) is 4. The van der Waals surface area contributed by atoms with Crippen LogP contribution in [0, 0.1) is 12.3 Å². The highest BCUT2D eigenvalue weighted by Gasteiger charge is 2.33. The summed E-state index contributed by atoms with van der Waals surface area (Å²) in [6.45, 7) is 5.07. The van der Waals surface area contributed by atoms with Crippen LogP contribution < -0.4 is 4.74 Å². The minimum Gasteiger partial charge on any atom is -0.492 e. The monoisotopic (exact) mass is 358 g/mol. The fourth-order valence-corrected chi connectivity index (χ4v) is 4.37. The topological polar surface area (TPSA) is 35.0 Å². The van der Waals surface area contributed by atoms with E-state index in [0.717, 1.165) is 39.4 Å². The van der Waals surface area contributed by atoms with Crippen LogP contribution in [0.25, 0.3) is 21.5 Å². The lowest BCUT2D eigenvalue weighted by Gasteiger charge is -2.38. The second-order valence-electron chi connectivity index (χ2n) is 6.91. The third kappa shape index (κ3) is 2.78. The van der Waals surface area contributed by atoms with Crippen molar-refractivity contribution in [1.82, 2.24) is 9.97 Å². The largest absolute Gasteiger partial charge is 0.492 e. The molecule has 0 N–H and O–H groups in total. The molecule has 0 unspecified atom stereocenters. The van der Waals surface area contributed by atoms with Crippen LogP contribution in [0.3, 0.4) is 0 Å². The van der Waals surface area contributed by atoms with Crippen molar-refractivity contribution in [3.05, 3.63) is 40.5 Å². The van der Waals surface area contributed by atoms with Crippen LogP contribution in [0.5, 0.6) is 5.75 Å². The van der Waals surface area contributed by atoms with Crippen LogP contribution >= 0.6 is 22.9 Å². The minimum atomic E-state index is 0.299. The maximum absolute atomic E-state index is 6.33. The Kier molecular flexibility index (Phi) is 3.97. The summed E-state index contributed by atoms with van der Waals surface area (Å²) in [7, 11) is 0. The highest BCUT2D eigenvalue weighted by molar-refractivity contribution is 7.17. The number of halogens is 1. The van der Waals surface area contributed by atoms with Gasteiger partial charge in [0.05, 0.1) is 22.5 Å². The summed E-state index contributed by atoms with van der Waals surface area (Å²) in [5.74, 6) is 0.890. The van der Waals surface area contributed by atoms with Crippen LogP contribution in [0.15, 0.2) is 29.9 Å². The lowest BCUT2D eigenvalue weighted by Crippen LogP contribution is -2.32. The molecule has 1 aliphatic carbocycles. The van der Waals surface area contributed by atoms with E-state index in [1.165, 1.54) is 19.3 Å². The zero-order valence-electron chi connectivity index (χ0n) is 13.8. The maximum Gasteiger partial charge on any atom is 0.131 e. The molecule has 0 atom stereocenters. The third-order valence-electron chi connectivity index (χ3n) is 4.86. The Labute approximate surface area is 150 Å². The molecular weight excluding hydrogens is 340 g/mol. The quantitative estimate of drug-likeness (QED) is 0.583. The Morgan fingerprint density at radius 1 is 1.29 bits per heavy atom. The summed E-state index contributed by atoms with van der Waals surface area (Å²) in [4.78, 5) is 8.87. The molecular formula is C19H19ClN2OS. The first-order valence-electron chi connectivity index (χ1n) is 8.17. The van der Waals surface area contributed by atoms with Gasteiger partial charge in [-0.25, -0.2) is 9.97 Å². The number of hydrogen-bond donors (Lipinski definition) is 0. The summed E-state index contributed by atoms with van der Waals surface area (Å²) in [6.07, 6.45) is 5.38. The van der Waals surface area contributed by atoms with Crippen LogP contribution in [-0.2, 0) is 0 Å². The van der Waals surface area contributed by atoms with Crippen molar-refractivity contribution in [3.8, 4) is 17.0 Å². The molecule has 1 aliphatic rings. The first-order chi connectivity index (χ1) is 11.6. The lowest BCUT2D eigenvalue weighted by atomic mass is 9.71. The predicted molar refractivity (Wildman–Crippen MR) is 100 cm³/mol. The molecule has 24 heavy (non-hydrogen) atoms. The number of rotatable bonds is 4.